The minimum Gasteiger partial charge on any atom is -0.453 e. The van der Waals surface area contributed by atoms with Gasteiger partial charge < -0.3 is 13.9 Å². The largest absolute Gasteiger partial charge is 0.453 e. The maximum absolute atomic E-state index is 6.38. The van der Waals surface area contributed by atoms with Crippen LogP contribution in [0.25, 0.3) is 99.5 Å². The highest BCUT2D eigenvalue weighted by molar-refractivity contribution is 6.16. The van der Waals surface area contributed by atoms with Crippen molar-refractivity contribution < 1.29 is 4.74 Å². The number of aromatic nitrogens is 2. The van der Waals surface area contributed by atoms with Gasteiger partial charge in [-0.25, -0.2) is 0 Å². The summed E-state index contributed by atoms with van der Waals surface area (Å²) in [7, 11) is 0. The van der Waals surface area contributed by atoms with E-state index in [1.165, 1.54) is 82.6 Å². The lowest BCUT2D eigenvalue weighted by Gasteiger charge is -2.21. The molecule has 0 atom stereocenters. The zero-order valence-electron chi connectivity index (χ0n) is 30.9. The molecule has 0 radical (unpaired) electrons. The van der Waals surface area contributed by atoms with Crippen molar-refractivity contribution in [1.29, 1.82) is 0 Å². The second-order valence-electron chi connectivity index (χ2n) is 14.9. The third-order valence-electron chi connectivity index (χ3n) is 11.7. The lowest BCUT2D eigenvalue weighted by Crippen LogP contribution is -2.04. The highest BCUT2D eigenvalue weighted by atomic mass is 16.5. The summed E-state index contributed by atoms with van der Waals surface area (Å²) in [6.07, 6.45) is 0. The van der Waals surface area contributed by atoms with E-state index in [0.717, 1.165) is 28.4 Å². The molecule has 0 saturated carbocycles. The summed E-state index contributed by atoms with van der Waals surface area (Å²) in [6, 6.07) is 74.4. The van der Waals surface area contributed by atoms with E-state index in [0.29, 0.717) is 0 Å². The smallest absolute Gasteiger partial charge is 0.152 e. The number of hydrogen-bond donors (Lipinski definition) is 0. The molecule has 0 saturated heterocycles. The van der Waals surface area contributed by atoms with Gasteiger partial charge in [-0.05, 0) is 93.5 Å². The fourth-order valence-corrected chi connectivity index (χ4v) is 9.05. The first kappa shape index (κ1) is 31.7. The number of hydrogen-bond acceptors (Lipinski definition) is 1. The lowest BCUT2D eigenvalue weighted by atomic mass is 9.98. The molecule has 1 aliphatic rings. The first-order chi connectivity index (χ1) is 28.3. The second-order valence-corrected chi connectivity index (χ2v) is 14.9. The molecule has 3 nitrogen and oxygen atoms in total. The Morgan fingerprint density at radius 1 is 0.298 bits per heavy atom. The van der Waals surface area contributed by atoms with Gasteiger partial charge in [-0.2, -0.15) is 0 Å². The number of para-hydroxylation sites is 4. The fraction of sp³-hybridized carbons (Fsp3) is 0. The Bertz CT molecular complexity index is 3240. The van der Waals surface area contributed by atoms with Crippen LogP contribution in [0.5, 0.6) is 11.5 Å². The van der Waals surface area contributed by atoms with Crippen molar-refractivity contribution in [3.8, 4) is 67.4 Å². The number of rotatable bonds is 5. The molecule has 0 amide bonds. The molecule has 0 spiro atoms. The minimum atomic E-state index is 0.873. The van der Waals surface area contributed by atoms with Crippen LogP contribution in [0.2, 0.25) is 0 Å². The molecule has 12 rings (SSSR count). The Morgan fingerprint density at radius 2 is 0.789 bits per heavy atom. The standard InChI is InChI=1S/C54H34N2O/c1-3-11-35(12-4-1)40-27-31-48-46(33-40)47-34-41(36-13-5-2-6-14-36)28-32-49(47)55(48)42-29-25-38(26-30-42)37-21-23-39(24-22-37)43-15-9-16-44-45-17-10-20-52-54(45)56(53(43)44)50-18-7-8-19-51(50)57-52/h1-34H. The molecule has 11 aromatic rings. The highest BCUT2D eigenvalue weighted by Gasteiger charge is 2.25. The Labute approximate surface area is 329 Å². The van der Waals surface area contributed by atoms with Crippen molar-refractivity contribution in [2.45, 2.75) is 0 Å². The molecule has 3 heteroatoms. The van der Waals surface area contributed by atoms with Crippen molar-refractivity contribution in [2.24, 2.45) is 0 Å². The number of ether oxygens (including phenoxy) is 1. The molecule has 0 unspecified atom stereocenters. The maximum atomic E-state index is 6.38. The second kappa shape index (κ2) is 12.5. The van der Waals surface area contributed by atoms with Crippen molar-refractivity contribution in [3.63, 3.8) is 0 Å². The summed E-state index contributed by atoms with van der Waals surface area (Å²) in [5.41, 5.74) is 16.5. The Balaban J connectivity index is 0.941. The van der Waals surface area contributed by atoms with Gasteiger partial charge in [-0.15, -0.1) is 0 Å². The van der Waals surface area contributed by atoms with E-state index in [2.05, 4.69) is 209 Å². The molecule has 1 aliphatic heterocycles. The SMILES string of the molecule is c1ccc(-c2ccc3c(c2)c2cc(-c4ccccc4)ccc2n3-c2ccc(-c3ccc(-c4cccc5c6cccc7c6n(c45)-c4ccccc4O7)cc3)cc2)cc1. The average molecular weight is 727 g/mol. The van der Waals surface area contributed by atoms with Gasteiger partial charge in [0.1, 0.15) is 0 Å². The molecule has 0 fully saturated rings. The third-order valence-corrected chi connectivity index (χ3v) is 11.7. The Hall–Kier alpha value is -7.62. The van der Waals surface area contributed by atoms with Crippen LogP contribution in [0.3, 0.4) is 0 Å². The summed E-state index contributed by atoms with van der Waals surface area (Å²) >= 11 is 0. The molecule has 266 valence electrons. The van der Waals surface area contributed by atoms with Gasteiger partial charge in [0.15, 0.2) is 11.5 Å². The Morgan fingerprint density at radius 3 is 1.44 bits per heavy atom. The normalized spacial score (nSPS) is 12.0. The third kappa shape index (κ3) is 4.92. The van der Waals surface area contributed by atoms with Crippen LogP contribution in [-0.4, -0.2) is 9.13 Å². The number of benzene rings is 9. The highest BCUT2D eigenvalue weighted by Crippen LogP contribution is 2.47. The van der Waals surface area contributed by atoms with E-state index in [9.17, 15) is 0 Å². The quantitative estimate of drug-likeness (QED) is 0.173. The zero-order chi connectivity index (χ0) is 37.5. The Kier molecular flexibility index (Phi) is 6.93. The molecular formula is C54H34N2O. The van der Waals surface area contributed by atoms with Gasteiger partial charge in [0, 0.05) is 32.8 Å². The molecule has 9 aromatic carbocycles. The average Bonchev–Trinajstić information content (AvgIpc) is 3.81. The van der Waals surface area contributed by atoms with Gasteiger partial charge in [0.25, 0.3) is 0 Å². The van der Waals surface area contributed by atoms with Gasteiger partial charge in [0.2, 0.25) is 0 Å². The van der Waals surface area contributed by atoms with Crippen molar-refractivity contribution in [1.82, 2.24) is 9.13 Å². The topological polar surface area (TPSA) is 19.1 Å². The fourth-order valence-electron chi connectivity index (χ4n) is 9.05. The van der Waals surface area contributed by atoms with Crippen molar-refractivity contribution >= 4 is 43.6 Å². The molecule has 2 aromatic heterocycles. The van der Waals surface area contributed by atoms with Crippen LogP contribution in [0.4, 0.5) is 0 Å². The van der Waals surface area contributed by atoms with E-state index in [-0.39, 0.29) is 0 Å². The summed E-state index contributed by atoms with van der Waals surface area (Å²) in [4.78, 5) is 0. The first-order valence-electron chi connectivity index (χ1n) is 19.5. The van der Waals surface area contributed by atoms with Crippen molar-refractivity contribution in [2.75, 3.05) is 0 Å². The van der Waals surface area contributed by atoms with E-state index in [1.807, 2.05) is 6.07 Å². The van der Waals surface area contributed by atoms with Crippen molar-refractivity contribution in [3.05, 3.63) is 206 Å². The lowest BCUT2D eigenvalue weighted by molar-refractivity contribution is 0.476. The van der Waals surface area contributed by atoms with Gasteiger partial charge in [0.05, 0.1) is 27.8 Å². The van der Waals surface area contributed by atoms with Gasteiger partial charge in [-0.3, -0.25) is 0 Å². The van der Waals surface area contributed by atoms with Crippen LogP contribution < -0.4 is 4.74 Å². The molecule has 3 heterocycles. The predicted molar refractivity (Wildman–Crippen MR) is 237 cm³/mol. The van der Waals surface area contributed by atoms with Crippen LogP contribution in [0, 0.1) is 0 Å². The maximum Gasteiger partial charge on any atom is 0.152 e. The predicted octanol–water partition coefficient (Wildman–Crippen LogP) is 14.7. The summed E-state index contributed by atoms with van der Waals surface area (Å²) in [6.45, 7) is 0. The molecule has 0 bridgehead atoms. The summed E-state index contributed by atoms with van der Waals surface area (Å²) in [5, 5.41) is 4.92. The van der Waals surface area contributed by atoms with E-state index in [1.54, 1.807) is 0 Å². The zero-order valence-corrected chi connectivity index (χ0v) is 30.9. The number of fused-ring (bicyclic) bond motifs is 8. The first-order valence-corrected chi connectivity index (χ1v) is 19.5. The molecule has 57 heavy (non-hydrogen) atoms. The number of nitrogens with zero attached hydrogens (tertiary/aromatic N) is 2. The van der Waals surface area contributed by atoms with E-state index in [4.69, 9.17) is 4.74 Å². The monoisotopic (exact) mass is 726 g/mol. The van der Waals surface area contributed by atoms with Crippen LogP contribution in [0.15, 0.2) is 206 Å². The molecule has 0 N–H and O–H groups in total. The molecule has 0 aliphatic carbocycles. The minimum absolute atomic E-state index is 0.873. The van der Waals surface area contributed by atoms with Crippen LogP contribution >= 0.6 is 0 Å². The van der Waals surface area contributed by atoms with E-state index >= 15 is 0 Å². The van der Waals surface area contributed by atoms with Gasteiger partial charge in [-0.1, -0.05) is 152 Å². The summed E-state index contributed by atoms with van der Waals surface area (Å²) in [5.74, 6) is 1.76. The van der Waals surface area contributed by atoms with Gasteiger partial charge >= 0.3 is 0 Å². The van der Waals surface area contributed by atoms with E-state index < -0.39 is 0 Å². The summed E-state index contributed by atoms with van der Waals surface area (Å²) < 4.78 is 11.2. The van der Waals surface area contributed by atoms with Crippen LogP contribution in [0.1, 0.15) is 0 Å². The molecular weight excluding hydrogens is 693 g/mol. The van der Waals surface area contributed by atoms with Crippen LogP contribution in [-0.2, 0) is 0 Å².